The van der Waals surface area contributed by atoms with Gasteiger partial charge < -0.3 is 5.73 Å². The summed E-state index contributed by atoms with van der Waals surface area (Å²) in [7, 11) is 0. The second-order valence-electron chi connectivity index (χ2n) is 4.29. The van der Waals surface area contributed by atoms with E-state index in [2.05, 4.69) is 0 Å². The fraction of sp³-hybridized carbons (Fsp3) is 0.143. The predicted molar refractivity (Wildman–Crippen MR) is 76.8 cm³/mol. The Morgan fingerprint density at radius 2 is 1.81 bits per heavy atom. The number of hydrogen-bond donors (Lipinski definition) is 1. The summed E-state index contributed by atoms with van der Waals surface area (Å²) in [6, 6.07) is 7.50. The maximum absolute atomic E-state index is 13.0. The lowest BCUT2D eigenvalue weighted by Gasteiger charge is -2.10. The van der Waals surface area contributed by atoms with Gasteiger partial charge in [0.2, 0.25) is 0 Å². The van der Waals surface area contributed by atoms with Crippen LogP contribution in [0.2, 0.25) is 5.02 Å². The standard InChI is InChI=1S/C14H10ClF4NS/c15-10-5-8(1-3-11(10)16)7-21-13-4-2-9(6-12(13)20)14(17,18)19/h1-6H,7,20H2. The molecule has 0 saturated heterocycles. The summed E-state index contributed by atoms with van der Waals surface area (Å²) < 4.78 is 50.6. The Hall–Kier alpha value is -1.40. The first kappa shape index (κ1) is 16.0. The second kappa shape index (κ2) is 6.15. The van der Waals surface area contributed by atoms with Crippen molar-refractivity contribution in [3.05, 3.63) is 58.4 Å². The van der Waals surface area contributed by atoms with Gasteiger partial charge in [0.05, 0.1) is 10.6 Å². The first-order valence-corrected chi connectivity index (χ1v) is 7.17. The summed E-state index contributed by atoms with van der Waals surface area (Å²) in [5.41, 5.74) is 5.66. The number of anilines is 1. The normalized spacial score (nSPS) is 11.7. The molecule has 0 unspecified atom stereocenters. The van der Waals surface area contributed by atoms with Gasteiger partial charge in [0, 0.05) is 16.3 Å². The minimum absolute atomic E-state index is 0.00786. The molecule has 0 saturated carbocycles. The largest absolute Gasteiger partial charge is 0.416 e. The molecule has 2 aromatic carbocycles. The number of alkyl halides is 3. The van der Waals surface area contributed by atoms with E-state index in [9.17, 15) is 17.6 Å². The highest BCUT2D eigenvalue weighted by atomic mass is 35.5. The van der Waals surface area contributed by atoms with Gasteiger partial charge in [-0.2, -0.15) is 13.2 Å². The molecule has 0 spiro atoms. The van der Waals surface area contributed by atoms with Crippen molar-refractivity contribution in [3.63, 3.8) is 0 Å². The van der Waals surface area contributed by atoms with E-state index in [1.54, 1.807) is 6.07 Å². The molecule has 0 aromatic heterocycles. The van der Waals surface area contributed by atoms with Crippen LogP contribution < -0.4 is 5.73 Å². The molecule has 0 amide bonds. The molecule has 0 bridgehead atoms. The van der Waals surface area contributed by atoms with Crippen LogP contribution >= 0.6 is 23.4 Å². The van der Waals surface area contributed by atoms with E-state index >= 15 is 0 Å². The Kier molecular flexibility index (Phi) is 4.68. The van der Waals surface area contributed by atoms with Crippen LogP contribution in [-0.2, 0) is 11.9 Å². The number of hydrogen-bond acceptors (Lipinski definition) is 2. The highest BCUT2D eigenvalue weighted by Gasteiger charge is 2.30. The van der Waals surface area contributed by atoms with Crippen LogP contribution in [0.3, 0.4) is 0 Å². The zero-order valence-electron chi connectivity index (χ0n) is 10.5. The molecule has 0 aliphatic carbocycles. The second-order valence-corrected chi connectivity index (χ2v) is 5.71. The van der Waals surface area contributed by atoms with E-state index < -0.39 is 17.6 Å². The topological polar surface area (TPSA) is 26.0 Å². The van der Waals surface area contributed by atoms with Crippen LogP contribution in [-0.4, -0.2) is 0 Å². The molecule has 7 heteroatoms. The molecule has 2 rings (SSSR count). The van der Waals surface area contributed by atoms with E-state index in [-0.39, 0.29) is 10.7 Å². The number of nitrogens with two attached hydrogens (primary N) is 1. The van der Waals surface area contributed by atoms with Gasteiger partial charge in [-0.25, -0.2) is 4.39 Å². The molecule has 0 fully saturated rings. The van der Waals surface area contributed by atoms with E-state index in [4.69, 9.17) is 17.3 Å². The van der Waals surface area contributed by atoms with Crippen molar-refractivity contribution in [3.8, 4) is 0 Å². The molecular formula is C14H10ClF4NS. The van der Waals surface area contributed by atoms with Gasteiger partial charge in [-0.05, 0) is 35.9 Å². The first-order chi connectivity index (χ1) is 9.77. The molecule has 112 valence electrons. The van der Waals surface area contributed by atoms with E-state index in [0.29, 0.717) is 10.6 Å². The monoisotopic (exact) mass is 335 g/mol. The average Bonchev–Trinajstić information content (AvgIpc) is 2.40. The Morgan fingerprint density at radius 3 is 2.38 bits per heavy atom. The lowest BCUT2D eigenvalue weighted by atomic mass is 10.2. The average molecular weight is 336 g/mol. The lowest BCUT2D eigenvalue weighted by Crippen LogP contribution is -2.05. The smallest absolute Gasteiger partial charge is 0.398 e. The molecule has 0 atom stereocenters. The van der Waals surface area contributed by atoms with Crippen LogP contribution in [0.15, 0.2) is 41.3 Å². The van der Waals surface area contributed by atoms with Crippen molar-refractivity contribution in [2.24, 2.45) is 0 Å². The Labute approximate surface area is 128 Å². The fourth-order valence-corrected chi connectivity index (χ4v) is 2.74. The molecule has 2 aromatic rings. The van der Waals surface area contributed by atoms with Crippen molar-refractivity contribution in [2.45, 2.75) is 16.8 Å². The third-order valence-corrected chi connectivity index (χ3v) is 4.17. The fourth-order valence-electron chi connectivity index (χ4n) is 1.65. The first-order valence-electron chi connectivity index (χ1n) is 5.81. The quantitative estimate of drug-likeness (QED) is 0.463. The van der Waals surface area contributed by atoms with Crippen molar-refractivity contribution in [2.75, 3.05) is 5.73 Å². The number of benzene rings is 2. The summed E-state index contributed by atoms with van der Waals surface area (Å²) in [6.45, 7) is 0. The van der Waals surface area contributed by atoms with Crippen LogP contribution in [0.5, 0.6) is 0 Å². The van der Waals surface area contributed by atoms with Crippen LogP contribution in [0, 0.1) is 5.82 Å². The van der Waals surface area contributed by atoms with Crippen LogP contribution in [0.4, 0.5) is 23.2 Å². The molecule has 2 N–H and O–H groups in total. The van der Waals surface area contributed by atoms with Gasteiger partial charge in [0.15, 0.2) is 0 Å². The van der Waals surface area contributed by atoms with Crippen molar-refractivity contribution < 1.29 is 17.6 Å². The summed E-state index contributed by atoms with van der Waals surface area (Å²) in [5.74, 6) is -0.0882. The molecule has 0 heterocycles. The maximum atomic E-state index is 13.0. The number of rotatable bonds is 3. The van der Waals surface area contributed by atoms with E-state index in [0.717, 1.165) is 17.7 Å². The van der Waals surface area contributed by atoms with Crippen LogP contribution in [0.25, 0.3) is 0 Å². The highest BCUT2D eigenvalue weighted by molar-refractivity contribution is 7.98. The highest BCUT2D eigenvalue weighted by Crippen LogP contribution is 2.35. The minimum atomic E-state index is -4.41. The summed E-state index contributed by atoms with van der Waals surface area (Å²) in [6.07, 6.45) is -4.41. The molecule has 21 heavy (non-hydrogen) atoms. The Morgan fingerprint density at radius 1 is 1.10 bits per heavy atom. The zero-order chi connectivity index (χ0) is 15.6. The number of thioether (sulfide) groups is 1. The molecule has 0 aliphatic heterocycles. The summed E-state index contributed by atoms with van der Waals surface area (Å²) in [5, 5.41) is 0.00786. The van der Waals surface area contributed by atoms with Gasteiger partial charge in [-0.3, -0.25) is 0 Å². The lowest BCUT2D eigenvalue weighted by molar-refractivity contribution is -0.137. The SMILES string of the molecule is Nc1cc(C(F)(F)F)ccc1SCc1ccc(F)c(Cl)c1. The van der Waals surface area contributed by atoms with Crippen molar-refractivity contribution >= 4 is 29.1 Å². The molecular weight excluding hydrogens is 326 g/mol. The predicted octanol–water partition coefficient (Wildman–Crippen LogP) is 5.37. The van der Waals surface area contributed by atoms with Gasteiger partial charge in [0.25, 0.3) is 0 Å². The van der Waals surface area contributed by atoms with Crippen molar-refractivity contribution in [1.29, 1.82) is 0 Å². The van der Waals surface area contributed by atoms with Crippen molar-refractivity contribution in [1.82, 2.24) is 0 Å². The molecule has 0 radical (unpaired) electrons. The van der Waals surface area contributed by atoms with Gasteiger partial charge in [0.1, 0.15) is 5.82 Å². The van der Waals surface area contributed by atoms with E-state index in [1.165, 1.54) is 30.0 Å². The zero-order valence-corrected chi connectivity index (χ0v) is 12.1. The summed E-state index contributed by atoms with van der Waals surface area (Å²) in [4.78, 5) is 0.531. The van der Waals surface area contributed by atoms with Gasteiger partial charge in [-0.1, -0.05) is 17.7 Å². The third-order valence-electron chi connectivity index (χ3n) is 2.72. The number of halogens is 5. The summed E-state index contributed by atoms with van der Waals surface area (Å²) >= 11 is 6.92. The molecule has 0 aliphatic rings. The Balaban J connectivity index is 2.11. The maximum Gasteiger partial charge on any atom is 0.416 e. The van der Waals surface area contributed by atoms with E-state index in [1.807, 2.05) is 0 Å². The minimum Gasteiger partial charge on any atom is -0.398 e. The number of nitrogen functional groups attached to an aromatic ring is 1. The van der Waals surface area contributed by atoms with Crippen LogP contribution in [0.1, 0.15) is 11.1 Å². The molecule has 1 nitrogen and oxygen atoms in total. The third kappa shape index (κ3) is 4.04. The van der Waals surface area contributed by atoms with Gasteiger partial charge >= 0.3 is 6.18 Å². The Bertz CT molecular complexity index is 658. The van der Waals surface area contributed by atoms with Gasteiger partial charge in [-0.15, -0.1) is 11.8 Å².